The molecule has 12 heteroatoms. The van der Waals surface area contributed by atoms with E-state index in [0.29, 0.717) is 25.8 Å². The lowest BCUT2D eigenvalue weighted by Gasteiger charge is -2.15. The minimum absolute atomic E-state index is 0.0148. The quantitative estimate of drug-likeness (QED) is 0.104. The second-order valence-corrected chi connectivity index (χ2v) is 7.43. The van der Waals surface area contributed by atoms with Gasteiger partial charge in [0.1, 0.15) is 24.3 Å². The topological polar surface area (TPSA) is 190 Å². The van der Waals surface area contributed by atoms with Crippen molar-refractivity contribution in [2.75, 3.05) is 19.9 Å². The number of carbonyl (C=O) groups excluding carboxylic acids is 2. The normalized spacial score (nSPS) is 29.6. The Morgan fingerprint density at radius 3 is 2.70 bits per heavy atom. The number of hydrogen-bond acceptors (Lipinski definition) is 11. The van der Waals surface area contributed by atoms with E-state index < -0.39 is 48.3 Å². The van der Waals surface area contributed by atoms with Crippen LogP contribution in [0.15, 0.2) is 0 Å². The van der Waals surface area contributed by atoms with Crippen molar-refractivity contribution in [3.05, 3.63) is 0 Å². The molecule has 0 bridgehead atoms. The molecule has 172 valence electrons. The van der Waals surface area contributed by atoms with E-state index in [4.69, 9.17) is 25.1 Å². The summed E-state index contributed by atoms with van der Waals surface area (Å²) in [5.41, 5.74) is 5.79. The van der Waals surface area contributed by atoms with Crippen molar-refractivity contribution in [1.29, 1.82) is 0 Å². The van der Waals surface area contributed by atoms with Crippen molar-refractivity contribution < 1.29 is 43.9 Å². The maximum Gasteiger partial charge on any atom is 0.338 e. The van der Waals surface area contributed by atoms with Crippen LogP contribution in [-0.2, 0) is 28.6 Å². The summed E-state index contributed by atoms with van der Waals surface area (Å²) in [6.07, 6.45) is -0.277. The van der Waals surface area contributed by atoms with Gasteiger partial charge in [-0.2, -0.15) is 0 Å². The maximum absolute atomic E-state index is 11.8. The molecular formula is C18H31N3O9. The van der Waals surface area contributed by atoms with Crippen molar-refractivity contribution in [2.45, 2.75) is 75.1 Å². The molecule has 0 spiro atoms. The maximum atomic E-state index is 11.8. The summed E-state index contributed by atoms with van der Waals surface area (Å²) < 4.78 is 14.8. The van der Waals surface area contributed by atoms with Crippen LogP contribution in [-0.4, -0.2) is 89.7 Å². The smallest absolute Gasteiger partial charge is 0.338 e. The third-order valence-electron chi connectivity index (χ3n) is 5.12. The summed E-state index contributed by atoms with van der Waals surface area (Å²) in [5, 5.41) is 34.0. The molecule has 0 aromatic heterocycles. The summed E-state index contributed by atoms with van der Waals surface area (Å²) in [6.45, 7) is 0.431. The van der Waals surface area contributed by atoms with Gasteiger partial charge in [-0.1, -0.05) is 6.42 Å². The van der Waals surface area contributed by atoms with Crippen LogP contribution >= 0.6 is 0 Å². The minimum Gasteiger partial charge on any atom is -0.480 e. The Morgan fingerprint density at radius 2 is 2.07 bits per heavy atom. The molecule has 0 saturated carbocycles. The monoisotopic (exact) mass is 433 g/mol. The molecule has 0 aromatic carbocycles. The van der Waals surface area contributed by atoms with Gasteiger partial charge in [-0.3, -0.25) is 14.9 Å². The first-order valence-electron chi connectivity index (χ1n) is 10.1. The van der Waals surface area contributed by atoms with E-state index >= 15 is 0 Å². The molecule has 2 fully saturated rings. The number of ether oxygens (including phenoxy) is 3. The summed E-state index contributed by atoms with van der Waals surface area (Å²) >= 11 is 0. The van der Waals surface area contributed by atoms with Gasteiger partial charge < -0.3 is 40.6 Å². The molecule has 0 aliphatic carbocycles. The van der Waals surface area contributed by atoms with Gasteiger partial charge in [-0.15, -0.1) is 0 Å². The lowest BCUT2D eigenvalue weighted by atomic mass is 10.1. The summed E-state index contributed by atoms with van der Waals surface area (Å²) in [5.74, 6) is -2.30. The highest BCUT2D eigenvalue weighted by molar-refractivity contribution is 5.77. The van der Waals surface area contributed by atoms with Gasteiger partial charge in [-0.25, -0.2) is 4.79 Å². The predicted molar refractivity (Wildman–Crippen MR) is 101 cm³/mol. The van der Waals surface area contributed by atoms with E-state index in [1.54, 1.807) is 0 Å². The van der Waals surface area contributed by atoms with Crippen molar-refractivity contribution >= 4 is 17.9 Å². The fourth-order valence-corrected chi connectivity index (χ4v) is 3.31. The first kappa shape index (κ1) is 24.4. The van der Waals surface area contributed by atoms with Crippen molar-refractivity contribution in [3.63, 3.8) is 0 Å². The molecule has 2 aliphatic rings. The Bertz CT molecular complexity index is 591. The Labute approximate surface area is 174 Å². The van der Waals surface area contributed by atoms with Crippen LogP contribution < -0.4 is 16.4 Å². The molecule has 2 saturated heterocycles. The number of aliphatic hydroxyl groups is 2. The SMILES string of the molecule is NC(CCCCNC1CCC(C(=O)O)N1)C(=O)OCOCC[C@H]1OC(=O)[C@H](O)[C@@H]1O. The number of unbranched alkanes of at least 4 members (excludes halogenated alkanes) is 1. The lowest BCUT2D eigenvalue weighted by molar-refractivity contribution is -0.159. The van der Waals surface area contributed by atoms with Gasteiger partial charge in [0.15, 0.2) is 12.9 Å². The highest BCUT2D eigenvalue weighted by Gasteiger charge is 2.42. The second-order valence-electron chi connectivity index (χ2n) is 7.43. The number of carboxylic acids is 1. The Kier molecular flexibility index (Phi) is 9.88. The van der Waals surface area contributed by atoms with Crippen LogP contribution in [0.5, 0.6) is 0 Å². The average Bonchev–Trinajstić information content (AvgIpc) is 3.28. The molecule has 12 nitrogen and oxygen atoms in total. The van der Waals surface area contributed by atoms with E-state index in [2.05, 4.69) is 10.6 Å². The lowest BCUT2D eigenvalue weighted by Crippen LogP contribution is -2.43. The minimum atomic E-state index is -1.54. The van der Waals surface area contributed by atoms with Crippen LogP contribution in [0.2, 0.25) is 0 Å². The summed E-state index contributed by atoms with van der Waals surface area (Å²) in [4.78, 5) is 33.8. The summed E-state index contributed by atoms with van der Waals surface area (Å²) in [6, 6.07) is -1.28. The third-order valence-corrected chi connectivity index (χ3v) is 5.12. The molecule has 0 amide bonds. The number of esters is 2. The largest absolute Gasteiger partial charge is 0.480 e. The number of aliphatic hydroxyl groups excluding tert-OH is 2. The van der Waals surface area contributed by atoms with Gasteiger partial charge in [0.2, 0.25) is 0 Å². The Hall–Kier alpha value is -1.83. The van der Waals surface area contributed by atoms with Crippen molar-refractivity contribution in [2.24, 2.45) is 5.73 Å². The number of aliphatic carboxylic acids is 1. The third kappa shape index (κ3) is 7.45. The van der Waals surface area contributed by atoms with Gasteiger partial charge in [-0.05, 0) is 32.2 Å². The zero-order chi connectivity index (χ0) is 22.1. The number of nitrogens with one attached hydrogen (secondary N) is 2. The molecule has 7 N–H and O–H groups in total. The van der Waals surface area contributed by atoms with E-state index in [9.17, 15) is 24.6 Å². The Balaban J connectivity index is 1.45. The van der Waals surface area contributed by atoms with E-state index in [1.165, 1.54) is 0 Å². The first-order valence-corrected chi connectivity index (χ1v) is 10.1. The summed E-state index contributed by atoms with van der Waals surface area (Å²) in [7, 11) is 0. The van der Waals surface area contributed by atoms with Crippen molar-refractivity contribution in [3.8, 4) is 0 Å². The first-order chi connectivity index (χ1) is 14.3. The number of cyclic esters (lactones) is 1. The fraction of sp³-hybridized carbons (Fsp3) is 0.833. The highest BCUT2D eigenvalue weighted by Crippen LogP contribution is 2.18. The molecule has 2 rings (SSSR count). The molecule has 0 aromatic rings. The molecule has 2 heterocycles. The average molecular weight is 433 g/mol. The second kappa shape index (κ2) is 12.1. The van der Waals surface area contributed by atoms with E-state index in [0.717, 1.165) is 12.8 Å². The van der Waals surface area contributed by atoms with Gasteiger partial charge in [0.05, 0.1) is 12.8 Å². The van der Waals surface area contributed by atoms with Crippen LogP contribution in [0.4, 0.5) is 0 Å². The molecular weight excluding hydrogens is 402 g/mol. The van der Waals surface area contributed by atoms with Crippen LogP contribution in [0, 0.1) is 0 Å². The Morgan fingerprint density at radius 1 is 1.30 bits per heavy atom. The van der Waals surface area contributed by atoms with E-state index in [1.807, 2.05) is 0 Å². The van der Waals surface area contributed by atoms with Crippen LogP contribution in [0.25, 0.3) is 0 Å². The number of hydrogen-bond donors (Lipinski definition) is 6. The fourth-order valence-electron chi connectivity index (χ4n) is 3.31. The standard InChI is InChI=1S/C18H31N3O9/c19-10(3-1-2-7-20-13-5-4-11(21-13)16(24)25)17(26)29-9-28-8-6-12-14(22)15(23)18(27)30-12/h10-15,20-23H,1-9,19H2,(H,24,25)/t10?,11?,12-,13?,14-,15-/m1/s1. The van der Waals surface area contributed by atoms with E-state index in [-0.39, 0.29) is 26.0 Å². The number of carboxylic acid groups (broad SMARTS) is 1. The molecule has 0 radical (unpaired) electrons. The molecule has 30 heavy (non-hydrogen) atoms. The van der Waals surface area contributed by atoms with Crippen LogP contribution in [0.1, 0.15) is 38.5 Å². The molecule has 2 aliphatic heterocycles. The van der Waals surface area contributed by atoms with Gasteiger partial charge in [0.25, 0.3) is 0 Å². The van der Waals surface area contributed by atoms with Crippen LogP contribution in [0.3, 0.4) is 0 Å². The molecule has 3 unspecified atom stereocenters. The highest BCUT2D eigenvalue weighted by atomic mass is 16.7. The zero-order valence-corrected chi connectivity index (χ0v) is 16.7. The van der Waals surface area contributed by atoms with Crippen molar-refractivity contribution in [1.82, 2.24) is 10.6 Å². The predicted octanol–water partition coefficient (Wildman–Crippen LogP) is -2.21. The number of carbonyl (C=O) groups is 3. The zero-order valence-electron chi connectivity index (χ0n) is 16.7. The number of rotatable bonds is 13. The van der Waals surface area contributed by atoms with Gasteiger partial charge in [0, 0.05) is 6.42 Å². The number of nitrogens with two attached hydrogens (primary N) is 1. The van der Waals surface area contributed by atoms with Gasteiger partial charge >= 0.3 is 17.9 Å². The molecule has 6 atom stereocenters.